The number of allylic oxidation sites excluding steroid dienone is 2. The van der Waals surface area contributed by atoms with Gasteiger partial charge < -0.3 is 9.84 Å². The second-order valence-corrected chi connectivity index (χ2v) is 9.12. The maximum Gasteiger partial charge on any atom is 0.328 e. The Kier molecular flexibility index (Phi) is 6.04. The summed E-state index contributed by atoms with van der Waals surface area (Å²) in [5.41, 5.74) is 2.22. The second-order valence-electron chi connectivity index (χ2n) is 9.12. The van der Waals surface area contributed by atoms with Gasteiger partial charge in [0, 0.05) is 24.8 Å². The first-order valence-electron chi connectivity index (χ1n) is 9.76. The van der Waals surface area contributed by atoms with Crippen molar-refractivity contribution in [2.75, 3.05) is 0 Å². The third-order valence-corrected chi connectivity index (χ3v) is 6.83. The molecular weight excluding hydrogens is 328 g/mol. The van der Waals surface area contributed by atoms with Crippen LogP contribution in [0.1, 0.15) is 73.6 Å². The summed E-state index contributed by atoms with van der Waals surface area (Å²) in [6.45, 7) is 12.4. The van der Waals surface area contributed by atoms with Crippen molar-refractivity contribution in [3.05, 3.63) is 23.3 Å². The predicted molar refractivity (Wildman–Crippen MR) is 103 cm³/mol. The number of fused-ring (bicyclic) bond motifs is 1. The molecule has 0 spiro atoms. The van der Waals surface area contributed by atoms with E-state index in [1.54, 1.807) is 0 Å². The van der Waals surface area contributed by atoms with Gasteiger partial charge in [-0.1, -0.05) is 51.3 Å². The molecule has 4 heteroatoms. The molecule has 0 amide bonds. The standard InChI is InChI=1S/C22H34O4/c1-14(13-20(24)25)12-19(26-16(3)23)22(6)15(2)9-10-17-18(22)8-7-11-21(17,4)5/h10,13,15,18-19H,7-9,11-12H2,1-6H3,(H,24,25). The maximum atomic E-state index is 11.9. The van der Waals surface area contributed by atoms with Gasteiger partial charge in [0.15, 0.2) is 0 Å². The van der Waals surface area contributed by atoms with Gasteiger partial charge >= 0.3 is 11.9 Å². The Labute approximate surface area is 157 Å². The summed E-state index contributed by atoms with van der Waals surface area (Å²) in [6, 6.07) is 0. The van der Waals surface area contributed by atoms with Gasteiger partial charge in [-0.2, -0.15) is 0 Å². The molecular formula is C22H34O4. The van der Waals surface area contributed by atoms with Crippen LogP contribution in [0.25, 0.3) is 0 Å². The summed E-state index contributed by atoms with van der Waals surface area (Å²) >= 11 is 0. The van der Waals surface area contributed by atoms with Crippen molar-refractivity contribution >= 4 is 11.9 Å². The minimum absolute atomic E-state index is 0.178. The summed E-state index contributed by atoms with van der Waals surface area (Å²) in [7, 11) is 0. The van der Waals surface area contributed by atoms with E-state index in [4.69, 9.17) is 9.84 Å². The number of hydrogen-bond donors (Lipinski definition) is 1. The summed E-state index contributed by atoms with van der Waals surface area (Å²) in [6.07, 6.45) is 8.26. The molecule has 0 heterocycles. The van der Waals surface area contributed by atoms with Crippen molar-refractivity contribution in [1.29, 1.82) is 0 Å². The molecule has 1 N–H and O–H groups in total. The fourth-order valence-corrected chi connectivity index (χ4v) is 5.18. The van der Waals surface area contributed by atoms with Crippen molar-refractivity contribution in [3.8, 4) is 0 Å². The molecule has 0 bridgehead atoms. The number of carboxylic acid groups (broad SMARTS) is 1. The number of carbonyl (C=O) groups excluding carboxylic acids is 1. The van der Waals surface area contributed by atoms with Gasteiger partial charge in [-0.15, -0.1) is 0 Å². The van der Waals surface area contributed by atoms with E-state index < -0.39 is 5.97 Å². The Morgan fingerprint density at radius 1 is 1.35 bits per heavy atom. The van der Waals surface area contributed by atoms with Crippen LogP contribution in [0.5, 0.6) is 0 Å². The van der Waals surface area contributed by atoms with E-state index in [-0.39, 0.29) is 22.9 Å². The average molecular weight is 363 g/mol. The summed E-state index contributed by atoms with van der Waals surface area (Å²) in [4.78, 5) is 22.9. The molecule has 4 nitrogen and oxygen atoms in total. The van der Waals surface area contributed by atoms with Crippen molar-refractivity contribution in [2.24, 2.45) is 22.7 Å². The Morgan fingerprint density at radius 2 is 2.00 bits per heavy atom. The van der Waals surface area contributed by atoms with Crippen LogP contribution in [0.3, 0.4) is 0 Å². The van der Waals surface area contributed by atoms with Crippen molar-refractivity contribution in [2.45, 2.75) is 79.8 Å². The Morgan fingerprint density at radius 3 is 2.58 bits per heavy atom. The van der Waals surface area contributed by atoms with Crippen LogP contribution in [0.2, 0.25) is 0 Å². The van der Waals surface area contributed by atoms with Gasteiger partial charge in [-0.25, -0.2) is 4.79 Å². The number of carbonyl (C=O) groups is 2. The minimum Gasteiger partial charge on any atom is -0.478 e. The SMILES string of the molecule is CC(=O)OC(CC(C)=CC(=O)O)C1(C)C(C)CC=C2C1CCCC2(C)C. The van der Waals surface area contributed by atoms with Crippen LogP contribution >= 0.6 is 0 Å². The fourth-order valence-electron chi connectivity index (χ4n) is 5.18. The third-order valence-electron chi connectivity index (χ3n) is 6.83. The van der Waals surface area contributed by atoms with Gasteiger partial charge in [0.2, 0.25) is 0 Å². The monoisotopic (exact) mass is 362 g/mol. The highest BCUT2D eigenvalue weighted by molar-refractivity contribution is 5.80. The number of hydrogen-bond acceptors (Lipinski definition) is 3. The van der Waals surface area contributed by atoms with E-state index in [9.17, 15) is 9.59 Å². The number of esters is 1. The molecule has 4 atom stereocenters. The first-order chi connectivity index (χ1) is 12.0. The molecule has 0 aliphatic heterocycles. The van der Waals surface area contributed by atoms with Crippen LogP contribution in [0, 0.1) is 22.7 Å². The quantitative estimate of drug-likeness (QED) is 0.418. The van der Waals surface area contributed by atoms with Crippen molar-refractivity contribution < 1.29 is 19.4 Å². The van der Waals surface area contributed by atoms with Crippen LogP contribution in [0.15, 0.2) is 23.3 Å². The second kappa shape index (κ2) is 7.58. The van der Waals surface area contributed by atoms with E-state index in [0.717, 1.165) is 18.4 Å². The summed E-state index contributed by atoms with van der Waals surface area (Å²) in [5, 5.41) is 9.07. The van der Waals surface area contributed by atoms with Crippen LogP contribution < -0.4 is 0 Å². The van der Waals surface area contributed by atoms with Crippen LogP contribution in [-0.2, 0) is 14.3 Å². The summed E-state index contributed by atoms with van der Waals surface area (Å²) in [5.74, 6) is -0.507. The third kappa shape index (κ3) is 4.05. The lowest BCUT2D eigenvalue weighted by molar-refractivity contribution is -0.160. The number of ether oxygens (including phenoxy) is 1. The molecule has 0 saturated heterocycles. The van der Waals surface area contributed by atoms with Crippen LogP contribution in [-0.4, -0.2) is 23.1 Å². The fraction of sp³-hybridized carbons (Fsp3) is 0.727. The molecule has 4 unspecified atom stereocenters. The van der Waals surface area contributed by atoms with Crippen molar-refractivity contribution in [1.82, 2.24) is 0 Å². The molecule has 0 aromatic carbocycles. The molecule has 26 heavy (non-hydrogen) atoms. The normalized spacial score (nSPS) is 32.2. The zero-order valence-corrected chi connectivity index (χ0v) is 17.1. The van der Waals surface area contributed by atoms with E-state index in [1.807, 2.05) is 6.92 Å². The number of aliphatic carboxylic acids is 1. The first-order valence-corrected chi connectivity index (χ1v) is 9.76. The maximum absolute atomic E-state index is 11.9. The predicted octanol–water partition coefficient (Wildman–Crippen LogP) is 5.14. The summed E-state index contributed by atoms with van der Waals surface area (Å²) < 4.78 is 5.83. The zero-order chi connectivity index (χ0) is 19.7. The van der Waals surface area contributed by atoms with E-state index in [1.165, 1.54) is 31.4 Å². The Hall–Kier alpha value is -1.58. The number of carboxylic acids is 1. The Bertz CT molecular complexity index is 628. The smallest absolute Gasteiger partial charge is 0.328 e. The minimum atomic E-state index is -0.953. The lowest BCUT2D eigenvalue weighted by Gasteiger charge is -2.55. The zero-order valence-electron chi connectivity index (χ0n) is 17.1. The molecule has 2 rings (SSSR count). The van der Waals surface area contributed by atoms with Gasteiger partial charge in [0.25, 0.3) is 0 Å². The number of rotatable bonds is 5. The van der Waals surface area contributed by atoms with E-state index >= 15 is 0 Å². The molecule has 1 fully saturated rings. The topological polar surface area (TPSA) is 63.6 Å². The molecule has 1 saturated carbocycles. The van der Waals surface area contributed by atoms with Crippen molar-refractivity contribution in [3.63, 3.8) is 0 Å². The first kappa shape index (κ1) is 20.7. The van der Waals surface area contributed by atoms with Gasteiger partial charge in [0.05, 0.1) is 0 Å². The lowest BCUT2D eigenvalue weighted by atomic mass is 9.51. The molecule has 146 valence electrons. The highest BCUT2D eigenvalue weighted by atomic mass is 16.5. The van der Waals surface area contributed by atoms with Gasteiger partial charge in [-0.3, -0.25) is 4.79 Å². The molecule has 2 aliphatic carbocycles. The molecule has 0 aromatic heterocycles. The largest absolute Gasteiger partial charge is 0.478 e. The van der Waals surface area contributed by atoms with Gasteiger partial charge in [0.1, 0.15) is 6.10 Å². The van der Waals surface area contributed by atoms with Crippen LogP contribution in [0.4, 0.5) is 0 Å². The van der Waals surface area contributed by atoms with E-state index in [2.05, 4.69) is 33.8 Å². The average Bonchev–Trinajstić information content (AvgIpc) is 2.49. The highest BCUT2D eigenvalue weighted by Gasteiger charge is 2.53. The lowest BCUT2D eigenvalue weighted by Crippen LogP contribution is -2.51. The molecule has 0 radical (unpaired) electrons. The van der Waals surface area contributed by atoms with Gasteiger partial charge in [-0.05, 0) is 43.4 Å². The van der Waals surface area contributed by atoms with E-state index in [0.29, 0.717) is 18.3 Å². The molecule has 0 aromatic rings. The highest BCUT2D eigenvalue weighted by Crippen LogP contribution is 2.58. The Balaban J connectivity index is 2.44. The molecule has 2 aliphatic rings.